The lowest BCUT2D eigenvalue weighted by atomic mass is 9.97. The molecule has 0 aliphatic heterocycles. The number of nitrogens with one attached hydrogen (secondary N) is 2. The van der Waals surface area contributed by atoms with Gasteiger partial charge in [0.05, 0.1) is 41.4 Å². The topological polar surface area (TPSA) is 91.2 Å². The van der Waals surface area contributed by atoms with E-state index in [-0.39, 0.29) is 40.2 Å². The Balaban J connectivity index is 1.67. The second-order valence-electron chi connectivity index (χ2n) is 7.98. The van der Waals surface area contributed by atoms with E-state index in [0.717, 1.165) is 0 Å². The van der Waals surface area contributed by atoms with Gasteiger partial charge in [0.1, 0.15) is 11.7 Å². The van der Waals surface area contributed by atoms with E-state index in [1.807, 2.05) is 0 Å². The highest BCUT2D eigenvalue weighted by molar-refractivity contribution is 6.02. The molecule has 3 heterocycles. The van der Waals surface area contributed by atoms with Gasteiger partial charge in [-0.05, 0) is 6.42 Å². The number of aromatic nitrogens is 5. The van der Waals surface area contributed by atoms with Gasteiger partial charge in [-0.15, -0.1) is 0 Å². The first-order valence-corrected chi connectivity index (χ1v) is 9.79. The van der Waals surface area contributed by atoms with Gasteiger partial charge in [-0.3, -0.25) is 14.9 Å². The molecule has 13 heteroatoms. The van der Waals surface area contributed by atoms with Gasteiger partial charge in [-0.25, -0.2) is 13.8 Å². The smallest absolute Gasteiger partial charge is 0.374 e. The Morgan fingerprint density at radius 1 is 1.27 bits per heavy atom. The molecule has 3 aromatic heterocycles. The van der Waals surface area contributed by atoms with Crippen LogP contribution in [0.25, 0.3) is 27.8 Å². The van der Waals surface area contributed by atoms with E-state index in [9.17, 15) is 22.4 Å². The lowest BCUT2D eigenvalue weighted by Gasteiger charge is -2.21. The van der Waals surface area contributed by atoms with Gasteiger partial charge in [0.25, 0.3) is 0 Å². The molecule has 8 nitrogen and oxygen atoms in total. The van der Waals surface area contributed by atoms with Gasteiger partial charge < -0.3 is 14.6 Å². The number of anilines is 2. The third-order valence-corrected chi connectivity index (χ3v) is 5.45. The summed E-state index contributed by atoms with van der Waals surface area (Å²) < 4.78 is 71.8. The predicted octanol–water partition coefficient (Wildman–Crippen LogP) is 3.79. The summed E-state index contributed by atoms with van der Waals surface area (Å²) in [5.41, 5.74) is -2.09. The summed E-state index contributed by atoms with van der Waals surface area (Å²) in [6, 6.07) is 0. The van der Waals surface area contributed by atoms with E-state index in [1.165, 1.54) is 48.2 Å². The average Bonchev–Trinajstić information content (AvgIpc) is 3.10. The molecule has 0 radical (unpaired) electrons. The molecule has 1 amide bonds. The molecule has 4 aromatic rings. The lowest BCUT2D eigenvalue weighted by molar-refractivity contribution is -0.139. The highest BCUT2D eigenvalue weighted by Crippen LogP contribution is 2.46. The van der Waals surface area contributed by atoms with Crippen LogP contribution >= 0.6 is 0 Å². The monoisotopic (exact) mass is 465 g/mol. The summed E-state index contributed by atoms with van der Waals surface area (Å²) in [5.74, 6) is -2.62. The Bertz CT molecular complexity index is 1410. The summed E-state index contributed by atoms with van der Waals surface area (Å²) in [5, 5.41) is 8.88. The van der Waals surface area contributed by atoms with Crippen LogP contribution in [0.4, 0.5) is 33.5 Å². The molecule has 33 heavy (non-hydrogen) atoms. The first-order valence-electron chi connectivity index (χ1n) is 9.79. The third kappa shape index (κ3) is 3.43. The number of rotatable bonds is 4. The minimum atomic E-state index is -5.02. The van der Waals surface area contributed by atoms with Crippen molar-refractivity contribution >= 4 is 34.0 Å². The minimum absolute atomic E-state index is 0.0376. The Morgan fingerprint density at radius 3 is 2.64 bits per heavy atom. The normalized spacial score (nSPS) is 18.2. The maximum atomic E-state index is 15.2. The van der Waals surface area contributed by atoms with E-state index in [2.05, 4.69) is 25.5 Å². The summed E-state index contributed by atoms with van der Waals surface area (Å²) >= 11 is 0. The van der Waals surface area contributed by atoms with Crippen LogP contribution in [0.1, 0.15) is 12.0 Å². The molecular weight excluding hydrogens is 449 g/mol. The molecule has 1 fully saturated rings. The number of halogens is 5. The molecule has 2 N–H and O–H groups in total. The van der Waals surface area contributed by atoms with Crippen LogP contribution in [0.5, 0.6) is 0 Å². The van der Waals surface area contributed by atoms with Gasteiger partial charge >= 0.3 is 6.18 Å². The average molecular weight is 465 g/mol. The largest absolute Gasteiger partial charge is 0.419 e. The second-order valence-corrected chi connectivity index (χ2v) is 7.98. The number of carbonyl (C=O) groups excluding carboxylic acids is 1. The maximum absolute atomic E-state index is 15.2. The van der Waals surface area contributed by atoms with Crippen LogP contribution in [0, 0.1) is 11.7 Å². The molecule has 1 aromatic carbocycles. The van der Waals surface area contributed by atoms with Gasteiger partial charge in [0.15, 0.2) is 17.3 Å². The Labute approximate surface area is 182 Å². The third-order valence-electron chi connectivity index (χ3n) is 5.45. The zero-order valence-electron chi connectivity index (χ0n) is 17.2. The number of hydrogen-bond donors (Lipinski definition) is 2. The van der Waals surface area contributed by atoms with Crippen molar-refractivity contribution in [1.29, 1.82) is 0 Å². The SMILES string of the molecule is CN(C)c1c(F)c(C(F)(F)F)c(-c2cn3cc(NC(=O)[C@H]4C[C@@H]4F)nc3cn2)c2cn[nH]c12. The molecule has 1 saturated carbocycles. The van der Waals surface area contributed by atoms with E-state index in [0.29, 0.717) is 0 Å². The van der Waals surface area contributed by atoms with Crippen molar-refractivity contribution in [2.24, 2.45) is 5.92 Å². The number of alkyl halides is 4. The van der Waals surface area contributed by atoms with E-state index < -0.39 is 41.1 Å². The van der Waals surface area contributed by atoms with Crippen molar-refractivity contribution < 1.29 is 26.7 Å². The molecule has 0 spiro atoms. The van der Waals surface area contributed by atoms with Crippen LogP contribution in [0.3, 0.4) is 0 Å². The summed E-state index contributed by atoms with van der Waals surface area (Å²) in [7, 11) is 2.85. The fourth-order valence-corrected chi connectivity index (χ4v) is 3.82. The van der Waals surface area contributed by atoms with Crippen LogP contribution in [0.15, 0.2) is 24.8 Å². The highest BCUT2D eigenvalue weighted by atomic mass is 19.4. The zero-order valence-corrected chi connectivity index (χ0v) is 17.2. The highest BCUT2D eigenvalue weighted by Gasteiger charge is 2.44. The second kappa shape index (κ2) is 7.12. The molecule has 0 unspecified atom stereocenters. The molecule has 0 saturated heterocycles. The fraction of sp³-hybridized carbons (Fsp3) is 0.300. The van der Waals surface area contributed by atoms with Crippen molar-refractivity contribution in [2.75, 3.05) is 24.3 Å². The van der Waals surface area contributed by atoms with Gasteiger partial charge in [-0.1, -0.05) is 0 Å². The van der Waals surface area contributed by atoms with E-state index in [1.54, 1.807) is 0 Å². The van der Waals surface area contributed by atoms with Crippen LogP contribution < -0.4 is 10.2 Å². The molecule has 0 bridgehead atoms. The zero-order chi connectivity index (χ0) is 23.7. The molecule has 1 aliphatic carbocycles. The molecule has 172 valence electrons. The quantitative estimate of drug-likeness (QED) is 0.448. The number of H-pyrrole nitrogens is 1. The number of benzene rings is 1. The van der Waals surface area contributed by atoms with Gasteiger partial charge in [-0.2, -0.15) is 18.3 Å². The number of hydrogen-bond acceptors (Lipinski definition) is 5. The first-order chi connectivity index (χ1) is 15.6. The summed E-state index contributed by atoms with van der Waals surface area (Å²) in [6.45, 7) is 0. The molecular formula is C20H16F5N7O. The van der Waals surface area contributed by atoms with Gasteiger partial charge in [0.2, 0.25) is 5.91 Å². The van der Waals surface area contributed by atoms with Crippen molar-refractivity contribution in [2.45, 2.75) is 18.8 Å². The standard InChI is InChI=1S/C20H16F5N7O/c1-31(2)18-16(22)15(20(23,24)25)14(9-4-27-30-17(9)18)11-6-32-7-12(28-13(32)5-26-11)29-19(33)8-3-10(8)21/h4-8,10H,3H2,1-2H3,(H,27,30)(H,29,33)/t8-,10-/m0/s1. The predicted molar refractivity (Wildman–Crippen MR) is 109 cm³/mol. The molecule has 2 atom stereocenters. The number of amides is 1. The van der Waals surface area contributed by atoms with Crippen molar-refractivity contribution in [3.05, 3.63) is 36.2 Å². The van der Waals surface area contributed by atoms with Crippen molar-refractivity contribution in [3.63, 3.8) is 0 Å². The van der Waals surface area contributed by atoms with E-state index >= 15 is 4.39 Å². The fourth-order valence-electron chi connectivity index (χ4n) is 3.82. The molecule has 1 aliphatic rings. The summed E-state index contributed by atoms with van der Waals surface area (Å²) in [6.07, 6.45) is -1.08. The Kier molecular flexibility index (Phi) is 4.55. The van der Waals surface area contributed by atoms with Crippen LogP contribution in [-0.2, 0) is 11.0 Å². The lowest BCUT2D eigenvalue weighted by Crippen LogP contribution is -2.18. The number of imidazole rings is 1. The minimum Gasteiger partial charge on any atom is -0.374 e. The van der Waals surface area contributed by atoms with Gasteiger partial charge in [0, 0.05) is 31.2 Å². The first kappa shape index (κ1) is 21.1. The number of nitrogens with zero attached hydrogens (tertiary/aromatic N) is 5. The van der Waals surface area contributed by atoms with Crippen LogP contribution in [-0.4, -0.2) is 50.7 Å². The summed E-state index contributed by atoms with van der Waals surface area (Å²) in [4.78, 5) is 21.4. The number of carbonyl (C=O) groups is 1. The maximum Gasteiger partial charge on any atom is 0.419 e. The van der Waals surface area contributed by atoms with Crippen LogP contribution in [0.2, 0.25) is 0 Å². The Morgan fingerprint density at radius 2 is 2.00 bits per heavy atom. The van der Waals surface area contributed by atoms with Crippen molar-refractivity contribution in [1.82, 2.24) is 24.6 Å². The van der Waals surface area contributed by atoms with E-state index in [4.69, 9.17) is 0 Å². The molecule has 5 rings (SSSR count). The van der Waals surface area contributed by atoms with Crippen molar-refractivity contribution in [3.8, 4) is 11.3 Å². The Hall–Kier alpha value is -3.77. The number of aromatic amines is 1. The number of fused-ring (bicyclic) bond motifs is 2.